The molecule has 5 rings (SSSR count). The van der Waals surface area contributed by atoms with Crippen molar-refractivity contribution in [1.29, 1.82) is 0 Å². The van der Waals surface area contributed by atoms with Gasteiger partial charge in [0.15, 0.2) is 11.5 Å². The van der Waals surface area contributed by atoms with Crippen molar-refractivity contribution in [2.45, 2.75) is 32.1 Å². The number of nitrogens with zero attached hydrogens (tertiary/aromatic N) is 1. The van der Waals surface area contributed by atoms with E-state index >= 15 is 0 Å². The van der Waals surface area contributed by atoms with E-state index in [2.05, 4.69) is 10.5 Å². The van der Waals surface area contributed by atoms with Crippen molar-refractivity contribution in [3.8, 4) is 11.5 Å². The van der Waals surface area contributed by atoms with Gasteiger partial charge in [-0.25, -0.2) is 5.43 Å². The first-order chi connectivity index (χ1) is 11.7. The molecule has 0 heterocycles. The van der Waals surface area contributed by atoms with Gasteiger partial charge in [-0.1, -0.05) is 0 Å². The van der Waals surface area contributed by atoms with Crippen molar-refractivity contribution in [3.63, 3.8) is 0 Å². The number of amides is 1. The first kappa shape index (κ1) is 15.5. The largest absolute Gasteiger partial charge is 0.493 e. The summed E-state index contributed by atoms with van der Waals surface area (Å²) in [6.45, 7) is 0. The zero-order valence-corrected chi connectivity index (χ0v) is 14.2. The lowest BCUT2D eigenvalue weighted by atomic mass is 9.55. The molecular formula is C19H24N2O3. The van der Waals surface area contributed by atoms with Crippen LogP contribution >= 0.6 is 0 Å². The number of nitrogens with one attached hydrogen (secondary N) is 1. The highest BCUT2D eigenvalue weighted by Gasteiger charge is 2.46. The minimum Gasteiger partial charge on any atom is -0.493 e. The van der Waals surface area contributed by atoms with Crippen LogP contribution in [0, 0.1) is 23.7 Å². The van der Waals surface area contributed by atoms with Crippen molar-refractivity contribution in [2.24, 2.45) is 28.8 Å². The molecule has 1 aromatic carbocycles. The topological polar surface area (TPSA) is 59.9 Å². The molecule has 4 saturated carbocycles. The molecule has 1 N–H and O–H groups in total. The van der Waals surface area contributed by atoms with Gasteiger partial charge in [0.25, 0.3) is 5.91 Å². The summed E-state index contributed by atoms with van der Waals surface area (Å²) in [5.41, 5.74) is 4.53. The van der Waals surface area contributed by atoms with Crippen LogP contribution in [0.2, 0.25) is 0 Å². The van der Waals surface area contributed by atoms with E-state index in [0.717, 1.165) is 11.8 Å². The number of benzene rings is 1. The smallest absolute Gasteiger partial charge is 0.271 e. The van der Waals surface area contributed by atoms with E-state index in [9.17, 15) is 4.79 Å². The van der Waals surface area contributed by atoms with E-state index < -0.39 is 0 Å². The minimum atomic E-state index is -0.197. The Bertz CT molecular complexity index is 653. The Labute approximate surface area is 142 Å². The molecule has 0 aromatic heterocycles. The van der Waals surface area contributed by atoms with Crippen LogP contribution in [0.3, 0.4) is 0 Å². The van der Waals surface area contributed by atoms with E-state index in [4.69, 9.17) is 9.47 Å². The standard InChI is InChI=1S/C19H24N2O3/c1-23-16-4-3-13(10-17(16)24-2)19(22)21-20-18-14-6-11-5-12(8-14)9-15(18)7-11/h3-4,10-12,14-15H,5-9H2,1-2H3,(H,21,22). The van der Waals surface area contributed by atoms with Crippen molar-refractivity contribution >= 4 is 11.6 Å². The van der Waals surface area contributed by atoms with Crippen molar-refractivity contribution < 1.29 is 14.3 Å². The van der Waals surface area contributed by atoms with E-state index in [1.807, 2.05) is 0 Å². The summed E-state index contributed by atoms with van der Waals surface area (Å²) in [6.07, 6.45) is 6.46. The summed E-state index contributed by atoms with van der Waals surface area (Å²) in [6, 6.07) is 5.16. The molecule has 0 saturated heterocycles. The highest BCUT2D eigenvalue weighted by atomic mass is 16.5. The molecule has 24 heavy (non-hydrogen) atoms. The third-order valence-corrected chi connectivity index (χ3v) is 5.91. The summed E-state index contributed by atoms with van der Waals surface area (Å²) in [5, 5.41) is 4.54. The van der Waals surface area contributed by atoms with Gasteiger partial charge in [0.05, 0.1) is 14.2 Å². The van der Waals surface area contributed by atoms with Gasteiger partial charge in [-0.2, -0.15) is 5.10 Å². The van der Waals surface area contributed by atoms with Crippen LogP contribution in [0.4, 0.5) is 0 Å². The van der Waals surface area contributed by atoms with E-state index in [-0.39, 0.29) is 5.91 Å². The number of carbonyl (C=O) groups excluding carboxylic acids is 1. The van der Waals surface area contributed by atoms with Crippen LogP contribution in [-0.4, -0.2) is 25.8 Å². The molecule has 0 radical (unpaired) electrons. The molecule has 1 amide bonds. The van der Waals surface area contributed by atoms with Gasteiger partial charge in [-0.3, -0.25) is 4.79 Å². The number of ether oxygens (including phenoxy) is 2. The molecular weight excluding hydrogens is 304 g/mol. The van der Waals surface area contributed by atoms with Gasteiger partial charge in [-0.15, -0.1) is 0 Å². The zero-order valence-electron chi connectivity index (χ0n) is 14.2. The van der Waals surface area contributed by atoms with Crippen LogP contribution < -0.4 is 14.9 Å². The zero-order chi connectivity index (χ0) is 16.7. The molecule has 4 aliphatic carbocycles. The van der Waals surface area contributed by atoms with Crippen LogP contribution in [0.1, 0.15) is 42.5 Å². The molecule has 1 aromatic rings. The van der Waals surface area contributed by atoms with Crippen LogP contribution in [0.25, 0.3) is 0 Å². The number of rotatable bonds is 4. The lowest BCUT2D eigenvalue weighted by Gasteiger charge is -2.50. The maximum atomic E-state index is 12.4. The van der Waals surface area contributed by atoms with Gasteiger partial charge >= 0.3 is 0 Å². The fourth-order valence-electron chi connectivity index (χ4n) is 5.01. The molecule has 128 valence electrons. The summed E-state index contributed by atoms with van der Waals surface area (Å²) >= 11 is 0. The van der Waals surface area contributed by atoms with Gasteiger partial charge in [0.1, 0.15) is 0 Å². The molecule has 4 fully saturated rings. The molecule has 4 bridgehead atoms. The van der Waals surface area contributed by atoms with Crippen molar-refractivity contribution in [2.75, 3.05) is 14.2 Å². The number of hydrazone groups is 1. The predicted molar refractivity (Wildman–Crippen MR) is 91.5 cm³/mol. The monoisotopic (exact) mass is 328 g/mol. The van der Waals surface area contributed by atoms with Crippen LogP contribution in [0.5, 0.6) is 11.5 Å². The van der Waals surface area contributed by atoms with E-state index in [1.54, 1.807) is 32.4 Å². The quantitative estimate of drug-likeness (QED) is 0.863. The molecule has 0 unspecified atom stereocenters. The fourth-order valence-corrected chi connectivity index (χ4v) is 5.01. The Kier molecular flexibility index (Phi) is 3.94. The normalized spacial score (nSPS) is 30.2. The fraction of sp³-hybridized carbons (Fsp3) is 0.579. The Balaban J connectivity index is 1.49. The number of carbonyl (C=O) groups is 1. The Morgan fingerprint density at radius 2 is 1.62 bits per heavy atom. The average Bonchev–Trinajstić information content (AvgIpc) is 2.59. The van der Waals surface area contributed by atoms with Gasteiger partial charge in [-0.05, 0) is 74.0 Å². The Morgan fingerprint density at radius 3 is 2.21 bits per heavy atom. The Morgan fingerprint density at radius 1 is 1.00 bits per heavy atom. The first-order valence-electron chi connectivity index (χ1n) is 8.77. The molecule has 0 atom stereocenters. The average molecular weight is 328 g/mol. The highest BCUT2D eigenvalue weighted by Crippen LogP contribution is 2.52. The number of hydrogen-bond acceptors (Lipinski definition) is 4. The van der Waals surface area contributed by atoms with E-state index in [1.165, 1.54) is 37.8 Å². The van der Waals surface area contributed by atoms with Crippen molar-refractivity contribution in [1.82, 2.24) is 5.43 Å². The summed E-state index contributed by atoms with van der Waals surface area (Å²) in [7, 11) is 3.14. The Hall–Kier alpha value is -2.04. The lowest BCUT2D eigenvalue weighted by molar-refractivity contribution is 0.0942. The van der Waals surface area contributed by atoms with Gasteiger partial charge in [0, 0.05) is 11.3 Å². The molecule has 4 aliphatic rings. The summed E-state index contributed by atoms with van der Waals surface area (Å²) in [5.74, 6) is 3.94. The second-order valence-corrected chi connectivity index (χ2v) is 7.35. The second kappa shape index (κ2) is 6.11. The van der Waals surface area contributed by atoms with Crippen LogP contribution in [-0.2, 0) is 0 Å². The predicted octanol–water partition coefficient (Wildman–Crippen LogP) is 3.25. The van der Waals surface area contributed by atoms with Crippen LogP contribution in [0.15, 0.2) is 23.3 Å². The first-order valence-corrected chi connectivity index (χ1v) is 8.77. The minimum absolute atomic E-state index is 0.197. The maximum Gasteiger partial charge on any atom is 0.271 e. The number of methoxy groups -OCH3 is 2. The second-order valence-electron chi connectivity index (χ2n) is 7.35. The maximum absolute atomic E-state index is 12.4. The summed E-state index contributed by atoms with van der Waals surface area (Å²) in [4.78, 5) is 12.4. The molecule has 0 aliphatic heterocycles. The van der Waals surface area contributed by atoms with E-state index in [0.29, 0.717) is 28.9 Å². The third kappa shape index (κ3) is 2.66. The number of hydrogen-bond donors (Lipinski definition) is 1. The highest BCUT2D eigenvalue weighted by molar-refractivity contribution is 5.97. The molecule has 5 nitrogen and oxygen atoms in total. The van der Waals surface area contributed by atoms with Crippen molar-refractivity contribution in [3.05, 3.63) is 23.8 Å². The third-order valence-electron chi connectivity index (χ3n) is 5.91. The summed E-state index contributed by atoms with van der Waals surface area (Å²) < 4.78 is 10.5. The van der Waals surface area contributed by atoms with Gasteiger partial charge in [0.2, 0.25) is 0 Å². The van der Waals surface area contributed by atoms with Gasteiger partial charge < -0.3 is 9.47 Å². The lowest BCUT2D eigenvalue weighted by Crippen LogP contribution is -2.46. The SMILES string of the molecule is COc1ccc(C(=O)NN=C2C3CC4CC(C3)CC2C4)cc1OC. The molecule has 5 heteroatoms. The molecule has 0 spiro atoms.